The summed E-state index contributed by atoms with van der Waals surface area (Å²) in [5, 5.41) is 2.27. The largest absolute Gasteiger partial charge is 0.489 e. The van der Waals surface area contributed by atoms with Gasteiger partial charge in [0.05, 0.1) is 12.3 Å². The minimum atomic E-state index is -1.13. The van der Waals surface area contributed by atoms with Crippen LogP contribution in [-0.2, 0) is 4.79 Å². The lowest BCUT2D eigenvalue weighted by atomic mass is 9.95. The highest BCUT2D eigenvalue weighted by Gasteiger charge is 2.32. The molecule has 2 aromatic rings. The number of aromatic nitrogens is 1. The van der Waals surface area contributed by atoms with E-state index in [1.807, 2.05) is 6.92 Å². The van der Waals surface area contributed by atoms with Crippen molar-refractivity contribution in [3.8, 4) is 5.75 Å². The highest BCUT2D eigenvalue weighted by atomic mass is 19.1. The molecule has 1 N–H and O–H groups in total. The molecule has 154 valence electrons. The lowest BCUT2D eigenvalue weighted by Gasteiger charge is -2.18. The number of hydrogen-bond donors (Lipinski definition) is 1. The van der Waals surface area contributed by atoms with Crippen LogP contribution in [0.3, 0.4) is 0 Å². The summed E-state index contributed by atoms with van der Waals surface area (Å²) in [7, 11) is 0. The van der Waals surface area contributed by atoms with E-state index in [0.717, 1.165) is 12.8 Å². The Balaban J connectivity index is 1.56. The van der Waals surface area contributed by atoms with E-state index < -0.39 is 35.0 Å². The molecule has 4 nitrogen and oxygen atoms in total. The molecule has 2 aliphatic rings. The number of carbonyl (C=O) groups excluding carboxylic acids is 1. The number of halogens is 3. The van der Waals surface area contributed by atoms with E-state index >= 15 is 0 Å². The van der Waals surface area contributed by atoms with Crippen molar-refractivity contribution in [1.29, 1.82) is 0 Å². The van der Waals surface area contributed by atoms with Crippen molar-refractivity contribution in [2.45, 2.75) is 51.6 Å². The van der Waals surface area contributed by atoms with Gasteiger partial charge in [-0.05, 0) is 50.7 Å². The first-order valence-electron chi connectivity index (χ1n) is 9.96. The van der Waals surface area contributed by atoms with E-state index in [2.05, 4.69) is 10.3 Å². The highest BCUT2D eigenvalue weighted by Crippen LogP contribution is 2.37. The first kappa shape index (κ1) is 19.7. The minimum Gasteiger partial charge on any atom is -0.489 e. The molecular formula is C22H23F3N2O2. The predicted molar refractivity (Wildman–Crippen MR) is 102 cm³/mol. The molecule has 1 amide bonds. The third-order valence-corrected chi connectivity index (χ3v) is 5.65. The number of hydrogen-bond acceptors (Lipinski definition) is 3. The molecule has 7 heteroatoms. The molecule has 0 spiro atoms. The Morgan fingerprint density at radius 3 is 2.45 bits per heavy atom. The van der Waals surface area contributed by atoms with Gasteiger partial charge in [-0.2, -0.15) is 0 Å². The summed E-state index contributed by atoms with van der Waals surface area (Å²) >= 11 is 0. The fraction of sp³-hybridized carbons (Fsp3) is 0.455. The molecule has 2 atom stereocenters. The highest BCUT2D eigenvalue weighted by molar-refractivity contribution is 5.94. The van der Waals surface area contributed by atoms with Gasteiger partial charge in [-0.25, -0.2) is 13.2 Å². The van der Waals surface area contributed by atoms with E-state index in [-0.39, 0.29) is 17.6 Å². The van der Waals surface area contributed by atoms with E-state index in [9.17, 15) is 18.0 Å². The Kier molecular flexibility index (Phi) is 5.23. The molecule has 0 unspecified atom stereocenters. The fourth-order valence-corrected chi connectivity index (χ4v) is 3.43. The Labute approximate surface area is 167 Å². The number of amides is 1. The molecule has 1 aromatic heterocycles. The molecular weight excluding hydrogens is 381 g/mol. The van der Waals surface area contributed by atoms with Gasteiger partial charge in [-0.3, -0.25) is 9.78 Å². The molecule has 0 bridgehead atoms. The number of nitrogens with zero attached hydrogens (tertiary/aromatic N) is 1. The quantitative estimate of drug-likeness (QED) is 0.692. The normalized spacial score (nSPS) is 18.2. The maximum atomic E-state index is 15.0. The first-order chi connectivity index (χ1) is 13.8. The van der Waals surface area contributed by atoms with Gasteiger partial charge in [-0.1, -0.05) is 6.92 Å². The van der Waals surface area contributed by atoms with Gasteiger partial charge in [-0.15, -0.1) is 0 Å². The molecule has 2 saturated carbocycles. The zero-order chi connectivity index (χ0) is 20.7. The zero-order valence-electron chi connectivity index (χ0n) is 16.3. The lowest BCUT2D eigenvalue weighted by molar-refractivity contribution is -0.117. The number of pyridine rings is 1. The molecule has 0 saturated heterocycles. The number of carbonyl (C=O) groups is 1. The van der Waals surface area contributed by atoms with Gasteiger partial charge in [0.15, 0.2) is 11.6 Å². The third kappa shape index (κ3) is 4.23. The number of anilines is 1. The van der Waals surface area contributed by atoms with Crippen molar-refractivity contribution in [1.82, 2.24) is 4.98 Å². The van der Waals surface area contributed by atoms with E-state index in [0.29, 0.717) is 36.3 Å². The SMILES string of the molecule is C[C@@H](c1ccc(O[C@H](C)C2CC2)cn1)c1c(F)cc(F)c(NC(=O)C2CC2)c1F. The summed E-state index contributed by atoms with van der Waals surface area (Å²) in [6, 6.07) is 3.96. The number of nitrogens with one attached hydrogen (secondary N) is 1. The van der Waals surface area contributed by atoms with Gasteiger partial charge >= 0.3 is 0 Å². The fourth-order valence-electron chi connectivity index (χ4n) is 3.43. The van der Waals surface area contributed by atoms with Crippen LogP contribution in [0.15, 0.2) is 24.4 Å². The van der Waals surface area contributed by atoms with Gasteiger partial charge in [0.2, 0.25) is 5.91 Å². The molecule has 2 aliphatic carbocycles. The number of ether oxygens (including phenoxy) is 1. The maximum absolute atomic E-state index is 15.0. The average molecular weight is 404 g/mol. The van der Waals surface area contributed by atoms with Crippen molar-refractivity contribution in [3.63, 3.8) is 0 Å². The molecule has 0 radical (unpaired) electrons. The second-order valence-electron chi connectivity index (χ2n) is 8.01. The van der Waals surface area contributed by atoms with Gasteiger partial charge < -0.3 is 10.1 Å². The van der Waals surface area contributed by atoms with Crippen molar-refractivity contribution >= 4 is 11.6 Å². The monoisotopic (exact) mass is 404 g/mol. The molecule has 1 heterocycles. The van der Waals surface area contributed by atoms with E-state index in [4.69, 9.17) is 4.74 Å². The van der Waals surface area contributed by atoms with Gasteiger partial charge in [0.1, 0.15) is 17.3 Å². The Morgan fingerprint density at radius 2 is 1.86 bits per heavy atom. The smallest absolute Gasteiger partial charge is 0.227 e. The Morgan fingerprint density at radius 1 is 1.14 bits per heavy atom. The summed E-state index contributed by atoms with van der Waals surface area (Å²) in [6.45, 7) is 3.59. The standard InChI is InChI=1S/C22H23F3N2O2/c1-11(18-8-7-15(10-26-18)29-12(2)13-3-4-13)19-16(23)9-17(24)21(20(19)25)27-22(28)14-5-6-14/h7-14H,3-6H2,1-2H3,(H,27,28)/t11-,12+/m0/s1. The van der Waals surface area contributed by atoms with Crippen molar-refractivity contribution in [2.75, 3.05) is 5.32 Å². The molecule has 4 rings (SSSR count). The third-order valence-electron chi connectivity index (χ3n) is 5.65. The van der Waals surface area contributed by atoms with Crippen LogP contribution in [0.25, 0.3) is 0 Å². The van der Waals surface area contributed by atoms with Crippen LogP contribution in [0.1, 0.15) is 56.7 Å². The summed E-state index contributed by atoms with van der Waals surface area (Å²) in [5.41, 5.74) is -0.520. The summed E-state index contributed by atoms with van der Waals surface area (Å²) in [4.78, 5) is 16.2. The maximum Gasteiger partial charge on any atom is 0.227 e. The summed E-state index contributed by atoms with van der Waals surface area (Å²) < 4.78 is 49.4. The van der Waals surface area contributed by atoms with E-state index in [1.54, 1.807) is 19.1 Å². The molecule has 29 heavy (non-hydrogen) atoms. The van der Waals surface area contributed by atoms with Crippen molar-refractivity contribution in [3.05, 3.63) is 53.1 Å². The van der Waals surface area contributed by atoms with Crippen LogP contribution < -0.4 is 10.1 Å². The molecule has 1 aromatic carbocycles. The lowest BCUT2D eigenvalue weighted by Crippen LogP contribution is -2.18. The zero-order valence-corrected chi connectivity index (χ0v) is 16.3. The topological polar surface area (TPSA) is 51.2 Å². The van der Waals surface area contributed by atoms with Crippen LogP contribution >= 0.6 is 0 Å². The predicted octanol–water partition coefficient (Wildman–Crippen LogP) is 5.18. The Bertz CT molecular complexity index is 925. The average Bonchev–Trinajstić information content (AvgIpc) is 3.57. The summed E-state index contributed by atoms with van der Waals surface area (Å²) in [5.74, 6) is -3.53. The van der Waals surface area contributed by atoms with Gasteiger partial charge in [0, 0.05) is 29.2 Å². The minimum absolute atomic E-state index is 0.102. The molecule has 2 fully saturated rings. The number of rotatable bonds is 7. The summed E-state index contributed by atoms with van der Waals surface area (Å²) in [6.07, 6.45) is 5.33. The Hall–Kier alpha value is -2.57. The van der Waals surface area contributed by atoms with E-state index in [1.165, 1.54) is 6.20 Å². The number of benzene rings is 1. The van der Waals surface area contributed by atoms with Crippen LogP contribution in [-0.4, -0.2) is 17.0 Å². The van der Waals surface area contributed by atoms with Crippen molar-refractivity contribution < 1.29 is 22.7 Å². The second-order valence-corrected chi connectivity index (χ2v) is 8.01. The van der Waals surface area contributed by atoms with Crippen molar-refractivity contribution in [2.24, 2.45) is 11.8 Å². The van der Waals surface area contributed by atoms with Crippen LogP contribution in [0.2, 0.25) is 0 Å². The van der Waals surface area contributed by atoms with Crippen LogP contribution in [0, 0.1) is 29.3 Å². The molecule has 0 aliphatic heterocycles. The second kappa shape index (κ2) is 7.69. The van der Waals surface area contributed by atoms with Crippen LogP contribution in [0.4, 0.5) is 18.9 Å². The van der Waals surface area contributed by atoms with Gasteiger partial charge in [0.25, 0.3) is 0 Å². The van der Waals surface area contributed by atoms with Crippen LogP contribution in [0.5, 0.6) is 5.75 Å². The first-order valence-corrected chi connectivity index (χ1v) is 9.96.